The van der Waals surface area contributed by atoms with Crippen molar-refractivity contribution in [3.05, 3.63) is 46.8 Å². The van der Waals surface area contributed by atoms with Crippen LogP contribution in [0.2, 0.25) is 0 Å². The first-order valence-electron chi connectivity index (χ1n) is 8.58. The van der Waals surface area contributed by atoms with Gasteiger partial charge < -0.3 is 19.3 Å². The number of likely N-dealkylation sites (tertiary alicyclic amines) is 1. The lowest BCUT2D eigenvalue weighted by atomic mass is 9.74. The predicted octanol–water partition coefficient (Wildman–Crippen LogP) is 2.07. The lowest BCUT2D eigenvalue weighted by Gasteiger charge is -2.27. The van der Waals surface area contributed by atoms with Crippen LogP contribution in [0.5, 0.6) is 5.75 Å². The number of hydrogen-bond donors (Lipinski definition) is 1. The number of para-hydroxylation sites is 1. The number of rotatable bonds is 2. The third kappa shape index (κ3) is 2.38. The normalized spacial score (nSPS) is 24.4. The fourth-order valence-electron chi connectivity index (χ4n) is 4.13. The lowest BCUT2D eigenvalue weighted by molar-refractivity contribution is -0.150. The van der Waals surface area contributed by atoms with Crippen LogP contribution in [-0.2, 0) is 11.2 Å². The Morgan fingerprint density at radius 2 is 2.08 bits per heavy atom. The number of fused-ring (bicyclic) bond motifs is 2. The van der Waals surface area contributed by atoms with Gasteiger partial charge in [0, 0.05) is 19.0 Å². The number of ether oxygens (including phenoxy) is 1. The van der Waals surface area contributed by atoms with Crippen molar-refractivity contribution >= 4 is 11.9 Å². The van der Waals surface area contributed by atoms with Crippen molar-refractivity contribution in [3.63, 3.8) is 0 Å². The van der Waals surface area contributed by atoms with E-state index in [1.54, 1.807) is 18.7 Å². The lowest BCUT2D eigenvalue weighted by Crippen LogP contribution is -2.42. The van der Waals surface area contributed by atoms with E-state index in [4.69, 9.17) is 9.26 Å². The first kappa shape index (κ1) is 16.6. The van der Waals surface area contributed by atoms with E-state index >= 15 is 0 Å². The van der Waals surface area contributed by atoms with Crippen molar-refractivity contribution in [3.8, 4) is 5.75 Å². The molecule has 2 atom stereocenters. The van der Waals surface area contributed by atoms with Gasteiger partial charge in [-0.15, -0.1) is 0 Å². The average molecular weight is 356 g/mol. The fourth-order valence-corrected chi connectivity index (χ4v) is 4.13. The van der Waals surface area contributed by atoms with Crippen molar-refractivity contribution in [2.24, 2.45) is 11.3 Å². The second-order valence-electron chi connectivity index (χ2n) is 7.14. The zero-order valence-electron chi connectivity index (χ0n) is 14.7. The highest BCUT2D eigenvalue weighted by molar-refractivity contribution is 5.97. The molecule has 1 fully saturated rings. The van der Waals surface area contributed by atoms with E-state index in [0.29, 0.717) is 30.0 Å². The molecule has 0 unspecified atom stereocenters. The number of amides is 1. The summed E-state index contributed by atoms with van der Waals surface area (Å²) in [4.78, 5) is 26.9. The van der Waals surface area contributed by atoms with Crippen LogP contribution in [0.25, 0.3) is 0 Å². The molecular weight excluding hydrogens is 336 g/mol. The van der Waals surface area contributed by atoms with Gasteiger partial charge in [-0.1, -0.05) is 23.4 Å². The monoisotopic (exact) mass is 356 g/mol. The average Bonchev–Trinajstić information content (AvgIpc) is 3.10. The van der Waals surface area contributed by atoms with Gasteiger partial charge >= 0.3 is 5.97 Å². The van der Waals surface area contributed by atoms with E-state index in [1.807, 2.05) is 24.3 Å². The summed E-state index contributed by atoms with van der Waals surface area (Å²) in [6, 6.07) is 7.50. The van der Waals surface area contributed by atoms with Crippen LogP contribution < -0.4 is 4.74 Å². The molecule has 1 aromatic heterocycles. The van der Waals surface area contributed by atoms with E-state index < -0.39 is 11.4 Å². The number of benzene rings is 1. The van der Waals surface area contributed by atoms with Crippen molar-refractivity contribution in [1.82, 2.24) is 10.1 Å². The molecule has 3 heterocycles. The molecule has 1 saturated heterocycles. The van der Waals surface area contributed by atoms with Gasteiger partial charge in [0.2, 0.25) is 0 Å². The minimum atomic E-state index is -1.05. The maximum Gasteiger partial charge on any atom is 0.312 e. The Morgan fingerprint density at radius 1 is 1.31 bits per heavy atom. The van der Waals surface area contributed by atoms with Gasteiger partial charge in [0.25, 0.3) is 5.91 Å². The van der Waals surface area contributed by atoms with Crippen LogP contribution in [0, 0.1) is 25.2 Å². The molecule has 7 heteroatoms. The number of hydrogen-bond acceptors (Lipinski definition) is 5. The smallest absolute Gasteiger partial charge is 0.312 e. The molecule has 2 aliphatic heterocycles. The summed E-state index contributed by atoms with van der Waals surface area (Å²) in [5.41, 5.74) is 0.749. The van der Waals surface area contributed by atoms with Gasteiger partial charge in [-0.2, -0.15) is 0 Å². The maximum atomic E-state index is 13.0. The second kappa shape index (κ2) is 5.86. The van der Waals surface area contributed by atoms with Crippen LogP contribution in [-0.4, -0.2) is 46.7 Å². The molecular formula is C19H20N2O5. The highest BCUT2D eigenvalue weighted by Gasteiger charge is 2.55. The molecule has 0 radical (unpaired) electrons. The molecule has 7 nitrogen and oxygen atoms in total. The number of carboxylic acid groups (broad SMARTS) is 1. The molecule has 0 bridgehead atoms. The van der Waals surface area contributed by atoms with Crippen molar-refractivity contribution in [2.75, 3.05) is 19.7 Å². The van der Waals surface area contributed by atoms with E-state index in [9.17, 15) is 14.7 Å². The van der Waals surface area contributed by atoms with Crippen molar-refractivity contribution in [2.45, 2.75) is 20.3 Å². The summed E-state index contributed by atoms with van der Waals surface area (Å²) < 4.78 is 11.0. The van der Waals surface area contributed by atoms with Crippen LogP contribution >= 0.6 is 0 Å². The molecule has 0 saturated carbocycles. The Morgan fingerprint density at radius 3 is 2.77 bits per heavy atom. The molecule has 1 N–H and O–H groups in total. The first-order valence-corrected chi connectivity index (χ1v) is 8.58. The maximum absolute atomic E-state index is 13.0. The molecule has 0 spiro atoms. The zero-order chi connectivity index (χ0) is 18.5. The number of carbonyl (C=O) groups excluding carboxylic acids is 1. The largest absolute Gasteiger partial charge is 0.493 e. The third-order valence-corrected chi connectivity index (χ3v) is 5.57. The molecule has 136 valence electrons. The van der Waals surface area contributed by atoms with Gasteiger partial charge in [-0.05, 0) is 31.9 Å². The van der Waals surface area contributed by atoms with Gasteiger partial charge in [0.1, 0.15) is 17.1 Å². The van der Waals surface area contributed by atoms with Crippen LogP contribution in [0.3, 0.4) is 0 Å². The summed E-state index contributed by atoms with van der Waals surface area (Å²) in [6.45, 7) is 4.16. The Kier molecular flexibility index (Phi) is 3.75. The second-order valence-corrected chi connectivity index (χ2v) is 7.14. The highest BCUT2D eigenvalue weighted by Crippen LogP contribution is 2.44. The molecule has 26 heavy (non-hydrogen) atoms. The fraction of sp³-hybridized carbons (Fsp3) is 0.421. The van der Waals surface area contributed by atoms with E-state index in [2.05, 4.69) is 5.16 Å². The Balaban J connectivity index is 1.69. The Labute approximate surface area is 150 Å². The third-order valence-electron chi connectivity index (χ3n) is 5.57. The molecule has 0 aliphatic carbocycles. The van der Waals surface area contributed by atoms with Crippen LogP contribution in [0.1, 0.15) is 27.4 Å². The number of aliphatic carboxylic acids is 1. The van der Waals surface area contributed by atoms with E-state index in [0.717, 1.165) is 11.3 Å². The summed E-state index contributed by atoms with van der Waals surface area (Å²) in [6.07, 6.45) is 0.342. The first-order chi connectivity index (χ1) is 12.4. The quantitative estimate of drug-likeness (QED) is 0.885. The molecule has 4 rings (SSSR count). The minimum absolute atomic E-state index is 0.146. The molecule has 1 amide bonds. The van der Waals surface area contributed by atoms with Gasteiger partial charge in [-0.3, -0.25) is 9.59 Å². The summed E-state index contributed by atoms with van der Waals surface area (Å²) >= 11 is 0. The van der Waals surface area contributed by atoms with Gasteiger partial charge in [0.15, 0.2) is 0 Å². The summed E-state index contributed by atoms with van der Waals surface area (Å²) in [5.74, 6) is -0.228. The number of aryl methyl sites for hydroxylation is 2. The van der Waals surface area contributed by atoms with Crippen molar-refractivity contribution < 1.29 is 24.0 Å². The summed E-state index contributed by atoms with van der Waals surface area (Å²) in [7, 11) is 0. The Hall–Kier alpha value is -2.83. The molecule has 2 aliphatic rings. The van der Waals surface area contributed by atoms with Crippen molar-refractivity contribution in [1.29, 1.82) is 0 Å². The topological polar surface area (TPSA) is 92.9 Å². The van der Waals surface area contributed by atoms with Crippen LogP contribution in [0.4, 0.5) is 0 Å². The van der Waals surface area contributed by atoms with E-state index in [-0.39, 0.29) is 25.0 Å². The van der Waals surface area contributed by atoms with E-state index in [1.165, 1.54) is 0 Å². The standard InChI is InChI=1S/C19H20N2O5/c1-11-16(12(2)26-20-11)17(22)21-8-14-9-25-15-6-4-3-5-13(15)7-19(14,10-21)18(23)24/h3-6,14H,7-10H2,1-2H3,(H,23,24)/t14-,19+/m1/s1. The molecule has 1 aromatic carbocycles. The SMILES string of the molecule is Cc1noc(C)c1C(=O)N1C[C@@H]2COc3ccccc3C[C@]2(C(=O)O)C1. The number of carboxylic acids is 1. The Bertz CT molecular complexity index is 870. The highest BCUT2D eigenvalue weighted by atomic mass is 16.5. The van der Waals surface area contributed by atoms with Gasteiger partial charge in [-0.25, -0.2) is 0 Å². The number of aromatic nitrogens is 1. The zero-order valence-corrected chi connectivity index (χ0v) is 14.7. The number of nitrogens with zero attached hydrogens (tertiary/aromatic N) is 2. The van der Waals surface area contributed by atoms with Crippen LogP contribution in [0.15, 0.2) is 28.8 Å². The summed E-state index contributed by atoms with van der Waals surface area (Å²) in [5, 5.41) is 13.9. The minimum Gasteiger partial charge on any atom is -0.493 e. The predicted molar refractivity (Wildman–Crippen MR) is 91.1 cm³/mol. The number of carbonyl (C=O) groups is 2. The van der Waals surface area contributed by atoms with Gasteiger partial charge in [0.05, 0.1) is 17.7 Å². The molecule has 2 aromatic rings.